The third kappa shape index (κ3) is 3.09. The van der Waals surface area contributed by atoms with Gasteiger partial charge in [0.25, 0.3) is 0 Å². The van der Waals surface area contributed by atoms with Gasteiger partial charge in [0.1, 0.15) is 10.6 Å². The number of methoxy groups -OCH3 is 1. The summed E-state index contributed by atoms with van der Waals surface area (Å²) in [4.78, 5) is -0.0310. The lowest BCUT2D eigenvalue weighted by molar-refractivity contribution is 0.301. The van der Waals surface area contributed by atoms with Crippen molar-refractivity contribution < 1.29 is 18.3 Å². The van der Waals surface area contributed by atoms with Crippen molar-refractivity contribution >= 4 is 15.7 Å². The predicted octanol–water partition coefficient (Wildman–Crippen LogP) is -0.144. The number of rotatable bonds is 5. The average molecular weight is 260 g/mol. The van der Waals surface area contributed by atoms with E-state index in [2.05, 4.69) is 4.72 Å². The number of nitrogen functional groups attached to an aromatic ring is 1. The van der Waals surface area contributed by atoms with Gasteiger partial charge in [0, 0.05) is 12.2 Å². The highest BCUT2D eigenvalue weighted by atomic mass is 32.2. The summed E-state index contributed by atoms with van der Waals surface area (Å²) in [6, 6.07) is 2.90. The van der Waals surface area contributed by atoms with Crippen LogP contribution in [0.1, 0.15) is 5.56 Å². The fourth-order valence-electron chi connectivity index (χ4n) is 1.30. The maximum absolute atomic E-state index is 11.9. The van der Waals surface area contributed by atoms with Crippen LogP contribution in [0, 0.1) is 6.92 Å². The van der Waals surface area contributed by atoms with Crippen molar-refractivity contribution in [3.8, 4) is 5.75 Å². The smallest absolute Gasteiger partial charge is 0.244 e. The predicted molar refractivity (Wildman–Crippen MR) is 64.4 cm³/mol. The Hall–Kier alpha value is -1.31. The van der Waals surface area contributed by atoms with Crippen LogP contribution in [0.2, 0.25) is 0 Å². The van der Waals surface area contributed by atoms with Gasteiger partial charge in [-0.15, -0.1) is 0 Å². The van der Waals surface area contributed by atoms with Crippen LogP contribution in [0.5, 0.6) is 5.75 Å². The highest BCUT2D eigenvalue weighted by Crippen LogP contribution is 2.28. The molecule has 0 radical (unpaired) electrons. The van der Waals surface area contributed by atoms with E-state index < -0.39 is 10.0 Å². The molecule has 96 valence electrons. The summed E-state index contributed by atoms with van der Waals surface area (Å²) >= 11 is 0. The van der Waals surface area contributed by atoms with Crippen molar-refractivity contribution in [3.05, 3.63) is 17.7 Å². The molecule has 0 bridgehead atoms. The third-order valence-corrected chi connectivity index (χ3v) is 3.73. The van der Waals surface area contributed by atoms with Crippen molar-refractivity contribution in [2.75, 3.05) is 26.0 Å². The van der Waals surface area contributed by atoms with Crippen LogP contribution < -0.4 is 15.2 Å². The maximum Gasteiger partial charge on any atom is 0.244 e. The lowest BCUT2D eigenvalue weighted by Gasteiger charge is -2.12. The Morgan fingerprint density at radius 2 is 2.12 bits per heavy atom. The van der Waals surface area contributed by atoms with Gasteiger partial charge in [-0.3, -0.25) is 0 Å². The molecule has 0 aliphatic carbocycles. The molecule has 0 heterocycles. The minimum Gasteiger partial charge on any atom is -0.495 e. The topological polar surface area (TPSA) is 102 Å². The van der Waals surface area contributed by atoms with E-state index in [4.69, 9.17) is 15.6 Å². The molecule has 1 rings (SSSR count). The van der Waals surface area contributed by atoms with Crippen LogP contribution in [0.4, 0.5) is 5.69 Å². The largest absolute Gasteiger partial charge is 0.495 e. The zero-order chi connectivity index (χ0) is 13.1. The molecular formula is C10H16N2O4S. The molecular weight excluding hydrogens is 244 g/mol. The molecule has 1 aromatic rings. The molecule has 0 aliphatic rings. The van der Waals surface area contributed by atoms with E-state index in [0.717, 1.165) is 5.56 Å². The zero-order valence-corrected chi connectivity index (χ0v) is 10.5. The van der Waals surface area contributed by atoms with Gasteiger partial charge in [0.15, 0.2) is 0 Å². The van der Waals surface area contributed by atoms with Gasteiger partial charge < -0.3 is 15.6 Å². The summed E-state index contributed by atoms with van der Waals surface area (Å²) in [5.41, 5.74) is 6.78. The number of aliphatic hydroxyl groups excluding tert-OH is 1. The fraction of sp³-hybridized carbons (Fsp3) is 0.400. The number of aryl methyl sites for hydroxylation is 1. The van der Waals surface area contributed by atoms with E-state index in [1.807, 2.05) is 0 Å². The Bertz CT molecular complexity index is 499. The van der Waals surface area contributed by atoms with Gasteiger partial charge >= 0.3 is 0 Å². The quantitative estimate of drug-likeness (QED) is 0.639. The summed E-state index contributed by atoms with van der Waals surface area (Å²) in [6.45, 7) is 1.43. The van der Waals surface area contributed by atoms with Crippen LogP contribution in [0.3, 0.4) is 0 Å². The number of hydrogen-bond donors (Lipinski definition) is 3. The van der Waals surface area contributed by atoms with Crippen LogP contribution in [-0.4, -0.2) is 33.8 Å². The van der Waals surface area contributed by atoms with Crippen LogP contribution in [-0.2, 0) is 10.0 Å². The number of nitrogens with two attached hydrogens (primary N) is 1. The minimum absolute atomic E-state index is 0.0310. The van der Waals surface area contributed by atoms with Crippen molar-refractivity contribution in [2.45, 2.75) is 11.8 Å². The number of ether oxygens (including phenoxy) is 1. The van der Waals surface area contributed by atoms with E-state index >= 15 is 0 Å². The number of nitrogens with one attached hydrogen (secondary N) is 1. The Morgan fingerprint density at radius 3 is 2.65 bits per heavy atom. The molecule has 0 saturated heterocycles. The number of hydrogen-bond acceptors (Lipinski definition) is 5. The van der Waals surface area contributed by atoms with Gasteiger partial charge in [-0.2, -0.15) is 0 Å². The normalized spacial score (nSPS) is 11.5. The van der Waals surface area contributed by atoms with E-state index in [9.17, 15) is 8.42 Å². The summed E-state index contributed by atoms with van der Waals surface area (Å²) in [5, 5.41) is 8.62. The molecule has 0 unspecified atom stereocenters. The number of anilines is 1. The number of benzene rings is 1. The Labute approximate surface area is 100 Å². The standard InChI is InChI=1S/C10H16N2O4S/c1-7-5-9(16-2)10(6-8(7)11)17(14,15)12-3-4-13/h5-6,12-13H,3-4,11H2,1-2H3. The van der Waals surface area contributed by atoms with E-state index in [1.165, 1.54) is 13.2 Å². The van der Waals surface area contributed by atoms with E-state index in [-0.39, 0.29) is 23.8 Å². The molecule has 0 fully saturated rings. The lowest BCUT2D eigenvalue weighted by atomic mass is 10.2. The van der Waals surface area contributed by atoms with Crippen LogP contribution in [0.25, 0.3) is 0 Å². The van der Waals surface area contributed by atoms with Crippen molar-refractivity contribution in [1.29, 1.82) is 0 Å². The van der Waals surface area contributed by atoms with E-state index in [1.54, 1.807) is 13.0 Å². The molecule has 1 aromatic carbocycles. The summed E-state index contributed by atoms with van der Waals surface area (Å²) in [7, 11) is -2.33. The molecule has 0 saturated carbocycles. The minimum atomic E-state index is -3.72. The molecule has 4 N–H and O–H groups in total. The van der Waals surface area contributed by atoms with Crippen molar-refractivity contribution in [3.63, 3.8) is 0 Å². The van der Waals surface area contributed by atoms with Gasteiger partial charge in [0.2, 0.25) is 10.0 Å². The van der Waals surface area contributed by atoms with Gasteiger partial charge in [0.05, 0.1) is 13.7 Å². The highest BCUT2D eigenvalue weighted by Gasteiger charge is 2.20. The Kier molecular flexibility index (Phi) is 4.33. The molecule has 0 aliphatic heterocycles. The van der Waals surface area contributed by atoms with E-state index in [0.29, 0.717) is 5.69 Å². The average Bonchev–Trinajstić information content (AvgIpc) is 2.29. The SMILES string of the molecule is COc1cc(C)c(N)cc1S(=O)(=O)NCCO. The molecule has 0 amide bonds. The molecule has 6 nitrogen and oxygen atoms in total. The molecule has 17 heavy (non-hydrogen) atoms. The second-order valence-corrected chi connectivity index (χ2v) is 5.22. The van der Waals surface area contributed by atoms with Gasteiger partial charge in [-0.1, -0.05) is 0 Å². The summed E-state index contributed by atoms with van der Waals surface area (Å²) < 4.78 is 31.0. The van der Waals surface area contributed by atoms with Crippen molar-refractivity contribution in [2.24, 2.45) is 0 Å². The fourth-order valence-corrected chi connectivity index (χ4v) is 2.51. The lowest BCUT2D eigenvalue weighted by Crippen LogP contribution is -2.27. The van der Waals surface area contributed by atoms with Gasteiger partial charge in [-0.25, -0.2) is 13.1 Å². The van der Waals surface area contributed by atoms with Crippen LogP contribution in [0.15, 0.2) is 17.0 Å². The first-order chi connectivity index (χ1) is 7.92. The second kappa shape index (κ2) is 5.35. The van der Waals surface area contributed by atoms with Gasteiger partial charge in [-0.05, 0) is 24.6 Å². The Balaban J connectivity index is 3.25. The summed E-state index contributed by atoms with van der Waals surface area (Å²) in [5.74, 6) is 0.224. The maximum atomic E-state index is 11.9. The monoisotopic (exact) mass is 260 g/mol. The zero-order valence-electron chi connectivity index (χ0n) is 9.73. The van der Waals surface area contributed by atoms with Crippen molar-refractivity contribution in [1.82, 2.24) is 4.72 Å². The first-order valence-corrected chi connectivity index (χ1v) is 6.45. The second-order valence-electron chi connectivity index (χ2n) is 3.48. The first kappa shape index (κ1) is 13.8. The number of sulfonamides is 1. The first-order valence-electron chi connectivity index (χ1n) is 4.97. The molecule has 7 heteroatoms. The molecule has 0 spiro atoms. The third-order valence-electron chi connectivity index (χ3n) is 2.25. The summed E-state index contributed by atoms with van der Waals surface area (Å²) in [6.07, 6.45) is 0. The van der Waals surface area contributed by atoms with Crippen LogP contribution >= 0.6 is 0 Å². The Morgan fingerprint density at radius 1 is 1.47 bits per heavy atom. The highest BCUT2D eigenvalue weighted by molar-refractivity contribution is 7.89. The number of aliphatic hydroxyl groups is 1. The molecule has 0 atom stereocenters. The molecule has 0 aromatic heterocycles.